The van der Waals surface area contributed by atoms with E-state index in [9.17, 15) is 4.79 Å². The van der Waals surface area contributed by atoms with Crippen LogP contribution in [0.2, 0.25) is 0 Å². The molecule has 0 aromatic rings. The van der Waals surface area contributed by atoms with E-state index in [1.807, 2.05) is 11.9 Å². The number of nitrogens with one attached hydrogen (secondary N) is 1. The Morgan fingerprint density at radius 2 is 2.23 bits per heavy atom. The molecule has 13 heavy (non-hydrogen) atoms. The van der Waals surface area contributed by atoms with Gasteiger partial charge in [0.1, 0.15) is 0 Å². The number of rotatable bonds is 4. The van der Waals surface area contributed by atoms with Crippen LogP contribution in [0.15, 0.2) is 0 Å². The predicted octanol–water partition coefficient (Wildman–Crippen LogP) is 1.98. The van der Waals surface area contributed by atoms with Crippen molar-refractivity contribution in [2.24, 2.45) is 0 Å². The second-order valence-corrected chi connectivity index (χ2v) is 3.97. The fourth-order valence-corrected chi connectivity index (χ4v) is 1.32. The number of hydrogen-bond acceptors (Lipinski definition) is 1. The monoisotopic (exact) mass is 184 g/mol. The maximum absolute atomic E-state index is 11.5. The fraction of sp³-hybridized carbons (Fsp3) is 0.900. The third-order valence-electron chi connectivity index (χ3n) is 2.59. The summed E-state index contributed by atoms with van der Waals surface area (Å²) in [6.45, 7) is 4.24. The zero-order valence-corrected chi connectivity index (χ0v) is 8.84. The van der Waals surface area contributed by atoms with Gasteiger partial charge in [0.15, 0.2) is 0 Å². The van der Waals surface area contributed by atoms with Crippen LogP contribution in [-0.4, -0.2) is 30.1 Å². The van der Waals surface area contributed by atoms with E-state index in [1.54, 1.807) is 0 Å². The normalized spacial score (nSPS) is 18.1. The van der Waals surface area contributed by atoms with Gasteiger partial charge in [-0.25, -0.2) is 4.79 Å². The van der Waals surface area contributed by atoms with Crippen LogP contribution >= 0.6 is 0 Å². The Morgan fingerprint density at radius 3 is 2.69 bits per heavy atom. The minimum atomic E-state index is 0.0865. The number of carbonyl (C=O) groups excluding carboxylic acids is 1. The second-order valence-electron chi connectivity index (χ2n) is 3.97. The van der Waals surface area contributed by atoms with E-state index in [0.29, 0.717) is 12.1 Å². The smallest absolute Gasteiger partial charge is 0.317 e. The summed E-state index contributed by atoms with van der Waals surface area (Å²) in [6.07, 6.45) is 4.51. The van der Waals surface area contributed by atoms with Crippen LogP contribution in [0, 0.1) is 0 Å². The summed E-state index contributed by atoms with van der Waals surface area (Å²) < 4.78 is 0. The van der Waals surface area contributed by atoms with Gasteiger partial charge in [0, 0.05) is 19.1 Å². The summed E-state index contributed by atoms with van der Waals surface area (Å²) >= 11 is 0. The third-order valence-corrected chi connectivity index (χ3v) is 2.59. The van der Waals surface area contributed by atoms with E-state index >= 15 is 0 Å². The molecule has 0 bridgehead atoms. The molecular formula is C10H20N2O. The molecule has 0 radical (unpaired) electrons. The lowest BCUT2D eigenvalue weighted by Gasteiger charge is -2.24. The molecule has 1 unspecified atom stereocenters. The number of nitrogens with zero attached hydrogens (tertiary/aromatic N) is 1. The average molecular weight is 184 g/mol. The van der Waals surface area contributed by atoms with E-state index in [2.05, 4.69) is 19.2 Å². The van der Waals surface area contributed by atoms with Crippen molar-refractivity contribution < 1.29 is 4.79 Å². The minimum Gasteiger partial charge on any atom is -0.335 e. The first kappa shape index (κ1) is 10.4. The zero-order chi connectivity index (χ0) is 9.84. The van der Waals surface area contributed by atoms with Crippen molar-refractivity contribution >= 4 is 6.03 Å². The molecule has 3 heteroatoms. The fourth-order valence-electron chi connectivity index (χ4n) is 1.32. The van der Waals surface area contributed by atoms with Gasteiger partial charge in [-0.15, -0.1) is 0 Å². The molecule has 0 heterocycles. The van der Waals surface area contributed by atoms with Crippen molar-refractivity contribution in [3.05, 3.63) is 0 Å². The molecule has 1 saturated carbocycles. The van der Waals surface area contributed by atoms with Gasteiger partial charge in [-0.2, -0.15) is 0 Å². The maximum atomic E-state index is 11.5. The highest BCUT2D eigenvalue weighted by Crippen LogP contribution is 2.19. The lowest BCUT2D eigenvalue weighted by atomic mass is 10.2. The van der Waals surface area contributed by atoms with Crippen LogP contribution in [0.4, 0.5) is 4.79 Å². The van der Waals surface area contributed by atoms with Gasteiger partial charge in [0.2, 0.25) is 0 Å². The lowest BCUT2D eigenvalue weighted by molar-refractivity contribution is 0.190. The highest BCUT2D eigenvalue weighted by atomic mass is 16.2. The topological polar surface area (TPSA) is 32.3 Å². The molecule has 1 rings (SSSR count). The Balaban J connectivity index is 2.26. The minimum absolute atomic E-state index is 0.0865. The van der Waals surface area contributed by atoms with Gasteiger partial charge in [0.05, 0.1) is 0 Å². The third kappa shape index (κ3) is 3.25. The van der Waals surface area contributed by atoms with Gasteiger partial charge in [-0.1, -0.05) is 13.3 Å². The Labute approximate surface area is 80.5 Å². The van der Waals surface area contributed by atoms with E-state index in [1.165, 1.54) is 0 Å². The Hall–Kier alpha value is -0.730. The molecule has 0 saturated heterocycles. The molecule has 1 fully saturated rings. The van der Waals surface area contributed by atoms with Crippen LogP contribution in [0.3, 0.4) is 0 Å². The summed E-state index contributed by atoms with van der Waals surface area (Å²) in [6, 6.07) is 0.899. The number of urea groups is 1. The standard InChI is InChI=1S/C10H20N2O/c1-4-5-8(2)12(3)10(13)11-9-6-7-9/h8-9H,4-7H2,1-3H3,(H,11,13). The van der Waals surface area contributed by atoms with Crippen molar-refractivity contribution in [3.63, 3.8) is 0 Å². The molecule has 0 spiro atoms. The van der Waals surface area contributed by atoms with E-state index in [0.717, 1.165) is 25.7 Å². The molecule has 0 aromatic heterocycles. The van der Waals surface area contributed by atoms with Gasteiger partial charge in [0.25, 0.3) is 0 Å². The summed E-state index contributed by atoms with van der Waals surface area (Å²) in [5, 5.41) is 2.98. The van der Waals surface area contributed by atoms with Crippen molar-refractivity contribution in [3.8, 4) is 0 Å². The number of amides is 2. The number of carbonyl (C=O) groups is 1. The molecule has 3 nitrogen and oxygen atoms in total. The van der Waals surface area contributed by atoms with Crippen molar-refractivity contribution in [1.82, 2.24) is 10.2 Å². The van der Waals surface area contributed by atoms with Crippen molar-refractivity contribution in [1.29, 1.82) is 0 Å². The molecule has 1 aliphatic carbocycles. The van der Waals surface area contributed by atoms with Crippen LogP contribution in [0.25, 0.3) is 0 Å². The second kappa shape index (κ2) is 4.49. The Bertz CT molecular complexity index is 178. The van der Waals surface area contributed by atoms with Crippen molar-refractivity contribution in [2.45, 2.75) is 51.6 Å². The Kier molecular flexibility index (Phi) is 3.58. The first-order valence-electron chi connectivity index (χ1n) is 5.18. The molecule has 1 N–H and O–H groups in total. The SMILES string of the molecule is CCCC(C)N(C)C(=O)NC1CC1. The largest absolute Gasteiger partial charge is 0.335 e. The van der Waals surface area contributed by atoms with Gasteiger partial charge in [-0.3, -0.25) is 0 Å². The highest BCUT2D eigenvalue weighted by Gasteiger charge is 2.25. The predicted molar refractivity (Wildman–Crippen MR) is 53.7 cm³/mol. The quantitative estimate of drug-likeness (QED) is 0.712. The van der Waals surface area contributed by atoms with E-state index in [4.69, 9.17) is 0 Å². The maximum Gasteiger partial charge on any atom is 0.317 e. The lowest BCUT2D eigenvalue weighted by Crippen LogP contribution is -2.43. The average Bonchev–Trinajstić information content (AvgIpc) is 2.87. The first-order valence-corrected chi connectivity index (χ1v) is 5.18. The molecule has 0 aromatic carbocycles. The first-order chi connectivity index (χ1) is 6.15. The van der Waals surface area contributed by atoms with Crippen LogP contribution in [-0.2, 0) is 0 Å². The molecule has 76 valence electrons. The molecule has 1 atom stereocenters. The summed E-state index contributed by atoms with van der Waals surface area (Å²) in [4.78, 5) is 13.3. The molecule has 2 amide bonds. The van der Waals surface area contributed by atoms with Gasteiger partial charge >= 0.3 is 6.03 Å². The zero-order valence-electron chi connectivity index (χ0n) is 8.84. The summed E-state index contributed by atoms with van der Waals surface area (Å²) in [5.74, 6) is 0. The number of hydrogen-bond donors (Lipinski definition) is 1. The van der Waals surface area contributed by atoms with Crippen LogP contribution in [0.5, 0.6) is 0 Å². The van der Waals surface area contributed by atoms with E-state index in [-0.39, 0.29) is 6.03 Å². The van der Waals surface area contributed by atoms with Gasteiger partial charge in [-0.05, 0) is 26.2 Å². The summed E-state index contributed by atoms with van der Waals surface area (Å²) in [5.41, 5.74) is 0. The molecule has 1 aliphatic rings. The molecule has 0 aliphatic heterocycles. The highest BCUT2D eigenvalue weighted by molar-refractivity contribution is 5.74. The van der Waals surface area contributed by atoms with Crippen LogP contribution < -0.4 is 5.32 Å². The van der Waals surface area contributed by atoms with Crippen molar-refractivity contribution in [2.75, 3.05) is 7.05 Å². The van der Waals surface area contributed by atoms with Gasteiger partial charge < -0.3 is 10.2 Å². The summed E-state index contributed by atoms with van der Waals surface area (Å²) in [7, 11) is 1.87. The Morgan fingerprint density at radius 1 is 1.62 bits per heavy atom. The van der Waals surface area contributed by atoms with Crippen LogP contribution in [0.1, 0.15) is 39.5 Å². The molecular weight excluding hydrogens is 164 g/mol. The van der Waals surface area contributed by atoms with E-state index < -0.39 is 0 Å².